The molecule has 0 aromatic carbocycles. The molecule has 126 valence electrons. The van der Waals surface area contributed by atoms with Crippen LogP contribution in [0, 0.1) is 18.8 Å². The quantitative estimate of drug-likeness (QED) is 0.852. The molecule has 0 N–H and O–H groups in total. The summed E-state index contributed by atoms with van der Waals surface area (Å²) in [6.07, 6.45) is 4.57. The molecule has 4 nitrogen and oxygen atoms in total. The Labute approximate surface area is 139 Å². The van der Waals surface area contributed by atoms with E-state index in [2.05, 4.69) is 39.9 Å². The third kappa shape index (κ3) is 4.11. The fraction of sp³-hybridized carbons (Fsp3) is 0.737. The van der Waals surface area contributed by atoms with E-state index in [1.54, 1.807) is 0 Å². The summed E-state index contributed by atoms with van der Waals surface area (Å²) in [5.41, 5.74) is 2.30. The molecule has 1 aliphatic carbocycles. The number of piperidine rings is 1. The molecule has 3 fully saturated rings. The van der Waals surface area contributed by atoms with E-state index >= 15 is 0 Å². The Hall–Kier alpha value is -0.970. The number of likely N-dealkylation sites (tertiary alicyclic amines) is 1. The van der Waals surface area contributed by atoms with Gasteiger partial charge in [0.2, 0.25) is 0 Å². The molecule has 4 rings (SSSR count). The summed E-state index contributed by atoms with van der Waals surface area (Å²) in [7, 11) is 0. The molecule has 23 heavy (non-hydrogen) atoms. The lowest BCUT2D eigenvalue weighted by molar-refractivity contribution is -0.0244. The smallest absolute Gasteiger partial charge is 0.0743 e. The molecule has 0 bridgehead atoms. The maximum atomic E-state index is 6.23. The van der Waals surface area contributed by atoms with Crippen LogP contribution in [-0.2, 0) is 11.3 Å². The summed E-state index contributed by atoms with van der Waals surface area (Å²) < 4.78 is 6.23. The van der Waals surface area contributed by atoms with E-state index < -0.39 is 0 Å². The topological polar surface area (TPSA) is 28.6 Å². The molecule has 0 unspecified atom stereocenters. The van der Waals surface area contributed by atoms with Crippen molar-refractivity contribution in [2.24, 2.45) is 11.8 Å². The lowest BCUT2D eigenvalue weighted by Crippen LogP contribution is -2.46. The van der Waals surface area contributed by atoms with Crippen molar-refractivity contribution in [2.45, 2.75) is 38.8 Å². The molecule has 2 saturated heterocycles. The minimum Gasteiger partial charge on any atom is -0.375 e. The van der Waals surface area contributed by atoms with Gasteiger partial charge in [0.25, 0.3) is 0 Å². The molecular weight excluding hydrogens is 286 g/mol. The molecule has 1 aromatic heterocycles. The zero-order valence-corrected chi connectivity index (χ0v) is 14.3. The van der Waals surface area contributed by atoms with Crippen LogP contribution in [0.2, 0.25) is 0 Å². The predicted octanol–water partition coefficient (Wildman–Crippen LogP) is 2.32. The Morgan fingerprint density at radius 2 is 2.04 bits per heavy atom. The number of nitrogens with zero attached hydrogens (tertiary/aromatic N) is 3. The van der Waals surface area contributed by atoms with Crippen molar-refractivity contribution >= 4 is 0 Å². The second kappa shape index (κ2) is 6.88. The fourth-order valence-corrected chi connectivity index (χ4v) is 4.07. The van der Waals surface area contributed by atoms with Gasteiger partial charge in [0.15, 0.2) is 0 Å². The summed E-state index contributed by atoms with van der Waals surface area (Å²) in [4.78, 5) is 9.84. The normalized spacial score (nSPS) is 30.0. The van der Waals surface area contributed by atoms with Crippen LogP contribution in [0.4, 0.5) is 0 Å². The Balaban J connectivity index is 1.33. The Morgan fingerprint density at radius 3 is 2.87 bits per heavy atom. The van der Waals surface area contributed by atoms with Gasteiger partial charge < -0.3 is 9.64 Å². The van der Waals surface area contributed by atoms with Gasteiger partial charge in [0.05, 0.1) is 18.4 Å². The molecule has 2 atom stereocenters. The van der Waals surface area contributed by atoms with Crippen LogP contribution in [0.5, 0.6) is 0 Å². The molecule has 3 heterocycles. The third-order valence-electron chi connectivity index (χ3n) is 5.56. The average molecular weight is 315 g/mol. The summed E-state index contributed by atoms with van der Waals surface area (Å²) >= 11 is 0. The number of aromatic nitrogens is 1. The third-order valence-corrected chi connectivity index (χ3v) is 5.56. The lowest BCUT2D eigenvalue weighted by Gasteiger charge is -2.38. The number of ether oxygens (including phenoxy) is 1. The first-order chi connectivity index (χ1) is 11.3. The van der Waals surface area contributed by atoms with Crippen molar-refractivity contribution < 1.29 is 4.74 Å². The maximum absolute atomic E-state index is 6.23. The maximum Gasteiger partial charge on any atom is 0.0743 e. The van der Waals surface area contributed by atoms with Gasteiger partial charge in [-0.1, -0.05) is 6.07 Å². The van der Waals surface area contributed by atoms with E-state index in [0.29, 0.717) is 6.10 Å². The van der Waals surface area contributed by atoms with E-state index in [4.69, 9.17) is 4.74 Å². The monoisotopic (exact) mass is 315 g/mol. The molecule has 0 amide bonds. The SMILES string of the molecule is Cc1cccc(CN2CC[C@@H]3CN(CC4CC4)CCO[C@@H]3C2)n1. The van der Waals surface area contributed by atoms with Crippen LogP contribution < -0.4 is 0 Å². The number of pyridine rings is 1. The molecule has 0 radical (unpaired) electrons. The van der Waals surface area contributed by atoms with Gasteiger partial charge in [-0.25, -0.2) is 0 Å². The van der Waals surface area contributed by atoms with Gasteiger partial charge in [0, 0.05) is 44.3 Å². The van der Waals surface area contributed by atoms with Crippen molar-refractivity contribution in [3.8, 4) is 0 Å². The summed E-state index contributed by atoms with van der Waals surface area (Å²) in [5, 5.41) is 0. The molecule has 1 aromatic rings. The minimum atomic E-state index is 0.415. The van der Waals surface area contributed by atoms with Crippen LogP contribution in [0.15, 0.2) is 18.2 Å². The summed E-state index contributed by atoms with van der Waals surface area (Å²) in [6.45, 7) is 9.86. The van der Waals surface area contributed by atoms with Gasteiger partial charge in [-0.05, 0) is 50.8 Å². The van der Waals surface area contributed by atoms with E-state index in [9.17, 15) is 0 Å². The van der Waals surface area contributed by atoms with E-state index in [1.807, 2.05) is 0 Å². The number of aryl methyl sites for hydroxylation is 1. The Kier molecular flexibility index (Phi) is 4.65. The second-order valence-corrected chi connectivity index (χ2v) is 7.67. The van der Waals surface area contributed by atoms with Crippen molar-refractivity contribution in [2.75, 3.05) is 39.3 Å². The zero-order chi connectivity index (χ0) is 15.6. The van der Waals surface area contributed by atoms with E-state index in [-0.39, 0.29) is 0 Å². The minimum absolute atomic E-state index is 0.415. The molecule has 4 heteroatoms. The highest BCUT2D eigenvalue weighted by Gasteiger charge is 2.35. The Morgan fingerprint density at radius 1 is 1.13 bits per heavy atom. The highest BCUT2D eigenvalue weighted by Crippen LogP contribution is 2.31. The second-order valence-electron chi connectivity index (χ2n) is 7.67. The first-order valence-electron chi connectivity index (χ1n) is 9.25. The van der Waals surface area contributed by atoms with Crippen LogP contribution in [0.1, 0.15) is 30.7 Å². The highest BCUT2D eigenvalue weighted by atomic mass is 16.5. The lowest BCUT2D eigenvalue weighted by atomic mass is 9.93. The molecule has 1 saturated carbocycles. The fourth-order valence-electron chi connectivity index (χ4n) is 4.07. The highest BCUT2D eigenvalue weighted by molar-refractivity contribution is 5.10. The number of hydrogen-bond acceptors (Lipinski definition) is 4. The number of hydrogen-bond donors (Lipinski definition) is 0. The first kappa shape index (κ1) is 15.6. The molecule has 3 aliphatic rings. The molecule has 2 aliphatic heterocycles. The van der Waals surface area contributed by atoms with Gasteiger partial charge >= 0.3 is 0 Å². The van der Waals surface area contributed by atoms with Gasteiger partial charge in [-0.15, -0.1) is 0 Å². The van der Waals surface area contributed by atoms with E-state index in [1.165, 1.54) is 44.6 Å². The van der Waals surface area contributed by atoms with Crippen LogP contribution in [-0.4, -0.2) is 60.2 Å². The largest absolute Gasteiger partial charge is 0.375 e. The zero-order valence-electron chi connectivity index (χ0n) is 14.3. The standard InChI is InChI=1S/C19H29N3O/c1-15-3-2-4-18(20-15)13-21-8-7-17-12-22(11-16-5-6-16)9-10-23-19(17)14-21/h2-4,16-17,19H,5-14H2,1H3/t17-,19-/m1/s1. The van der Waals surface area contributed by atoms with Gasteiger partial charge in [-0.2, -0.15) is 0 Å². The predicted molar refractivity (Wildman–Crippen MR) is 91.3 cm³/mol. The van der Waals surface area contributed by atoms with Crippen molar-refractivity contribution in [3.05, 3.63) is 29.6 Å². The summed E-state index contributed by atoms with van der Waals surface area (Å²) in [6, 6.07) is 6.32. The van der Waals surface area contributed by atoms with Crippen LogP contribution >= 0.6 is 0 Å². The van der Waals surface area contributed by atoms with Crippen molar-refractivity contribution in [1.82, 2.24) is 14.8 Å². The van der Waals surface area contributed by atoms with Crippen molar-refractivity contribution in [1.29, 1.82) is 0 Å². The molecule has 0 spiro atoms. The van der Waals surface area contributed by atoms with E-state index in [0.717, 1.165) is 43.8 Å². The van der Waals surface area contributed by atoms with Crippen LogP contribution in [0.25, 0.3) is 0 Å². The number of rotatable bonds is 4. The van der Waals surface area contributed by atoms with Crippen molar-refractivity contribution in [3.63, 3.8) is 0 Å². The van der Waals surface area contributed by atoms with Crippen LogP contribution in [0.3, 0.4) is 0 Å². The first-order valence-corrected chi connectivity index (χ1v) is 9.25. The molecular formula is C19H29N3O. The number of fused-ring (bicyclic) bond motifs is 1. The van der Waals surface area contributed by atoms with Gasteiger partial charge in [0.1, 0.15) is 0 Å². The Bertz CT molecular complexity index is 531. The summed E-state index contributed by atoms with van der Waals surface area (Å²) in [5.74, 6) is 1.71. The van der Waals surface area contributed by atoms with Gasteiger partial charge in [-0.3, -0.25) is 9.88 Å². The average Bonchev–Trinajstić information content (AvgIpc) is 3.34.